The number of hydrogen-bond acceptors (Lipinski definition) is 2. The van der Waals surface area contributed by atoms with Crippen LogP contribution < -0.4 is 5.32 Å². The van der Waals surface area contributed by atoms with Crippen LogP contribution in [0.15, 0.2) is 12.3 Å². The van der Waals surface area contributed by atoms with Gasteiger partial charge in [-0.1, -0.05) is 13.8 Å². The number of hydrogen-bond donors (Lipinski definition) is 1. The van der Waals surface area contributed by atoms with Crippen LogP contribution in [-0.2, 0) is 6.54 Å². The van der Waals surface area contributed by atoms with E-state index in [1.54, 1.807) is 0 Å². The van der Waals surface area contributed by atoms with Gasteiger partial charge < -0.3 is 5.32 Å². The first-order valence-corrected chi connectivity index (χ1v) is 6.30. The molecule has 1 rings (SSSR count). The zero-order chi connectivity index (χ0) is 12.2. The van der Waals surface area contributed by atoms with Gasteiger partial charge in [0.05, 0.1) is 5.69 Å². The minimum absolute atomic E-state index is 0.238. The molecule has 0 atom stereocenters. The van der Waals surface area contributed by atoms with E-state index in [9.17, 15) is 0 Å². The highest BCUT2D eigenvalue weighted by molar-refractivity contribution is 5.00. The van der Waals surface area contributed by atoms with Crippen molar-refractivity contribution in [2.45, 2.75) is 65.6 Å². The van der Waals surface area contributed by atoms with Crippen LogP contribution in [0.2, 0.25) is 0 Å². The molecule has 16 heavy (non-hydrogen) atoms. The fraction of sp³-hybridized carbons (Fsp3) is 0.769. The van der Waals surface area contributed by atoms with Crippen LogP contribution >= 0.6 is 0 Å². The van der Waals surface area contributed by atoms with Crippen molar-refractivity contribution in [2.75, 3.05) is 0 Å². The molecule has 0 aliphatic heterocycles. The molecule has 1 aromatic rings. The van der Waals surface area contributed by atoms with Crippen LogP contribution in [0.1, 0.15) is 59.2 Å². The number of aromatic nitrogens is 2. The van der Waals surface area contributed by atoms with Crippen LogP contribution in [0.5, 0.6) is 0 Å². The van der Waals surface area contributed by atoms with Crippen molar-refractivity contribution in [1.29, 1.82) is 0 Å². The van der Waals surface area contributed by atoms with Crippen molar-refractivity contribution >= 4 is 0 Å². The Balaban J connectivity index is 2.54. The summed E-state index contributed by atoms with van der Waals surface area (Å²) in [5.74, 6) is 0. The normalized spacial score (nSPS) is 12.4. The third-order valence-corrected chi connectivity index (χ3v) is 3.45. The fourth-order valence-electron chi connectivity index (χ4n) is 1.56. The Morgan fingerprint density at radius 1 is 1.38 bits per heavy atom. The summed E-state index contributed by atoms with van der Waals surface area (Å²) in [6.07, 6.45) is 4.35. The molecule has 3 nitrogen and oxygen atoms in total. The van der Waals surface area contributed by atoms with Crippen LogP contribution in [0, 0.1) is 0 Å². The maximum absolute atomic E-state index is 4.54. The number of rotatable bonds is 6. The van der Waals surface area contributed by atoms with Crippen molar-refractivity contribution < 1.29 is 0 Å². The molecule has 3 heteroatoms. The number of nitrogens with zero attached hydrogens (tertiary/aromatic N) is 2. The summed E-state index contributed by atoms with van der Waals surface area (Å²) in [6.45, 7) is 11.9. The molecule has 0 aliphatic carbocycles. The van der Waals surface area contributed by atoms with Gasteiger partial charge >= 0.3 is 0 Å². The molecule has 1 aromatic heterocycles. The molecular formula is C13H25N3. The van der Waals surface area contributed by atoms with Crippen molar-refractivity contribution in [3.63, 3.8) is 0 Å². The van der Waals surface area contributed by atoms with Crippen LogP contribution in [0.4, 0.5) is 0 Å². The van der Waals surface area contributed by atoms with Gasteiger partial charge in [-0.15, -0.1) is 0 Å². The van der Waals surface area contributed by atoms with Gasteiger partial charge in [-0.2, -0.15) is 5.10 Å². The topological polar surface area (TPSA) is 29.9 Å². The van der Waals surface area contributed by atoms with Gasteiger partial charge in [-0.3, -0.25) is 4.68 Å². The Labute approximate surface area is 99.2 Å². The molecule has 0 aliphatic rings. The van der Waals surface area contributed by atoms with E-state index >= 15 is 0 Å². The summed E-state index contributed by atoms with van der Waals surface area (Å²) >= 11 is 0. The Hall–Kier alpha value is -0.830. The maximum Gasteiger partial charge on any atom is 0.0762 e. The van der Waals surface area contributed by atoms with E-state index in [2.05, 4.69) is 57.3 Å². The SMILES string of the molecule is CCC(C)(CC)NCc1ccn(C(C)C)n1. The van der Waals surface area contributed by atoms with Crippen molar-refractivity contribution in [3.05, 3.63) is 18.0 Å². The fourth-order valence-corrected chi connectivity index (χ4v) is 1.56. The lowest BCUT2D eigenvalue weighted by atomic mass is 9.95. The predicted octanol–water partition coefficient (Wildman–Crippen LogP) is 3.13. The summed E-state index contributed by atoms with van der Waals surface area (Å²) in [4.78, 5) is 0. The lowest BCUT2D eigenvalue weighted by molar-refractivity contribution is 0.326. The van der Waals surface area contributed by atoms with Crippen molar-refractivity contribution in [3.8, 4) is 0 Å². The minimum atomic E-state index is 0.238. The first-order valence-electron chi connectivity index (χ1n) is 6.30. The van der Waals surface area contributed by atoms with Gasteiger partial charge in [0.2, 0.25) is 0 Å². The molecule has 0 fully saturated rings. The van der Waals surface area contributed by atoms with E-state index < -0.39 is 0 Å². The first kappa shape index (κ1) is 13.2. The highest BCUT2D eigenvalue weighted by atomic mass is 15.3. The summed E-state index contributed by atoms with van der Waals surface area (Å²) in [5, 5.41) is 8.12. The van der Waals surface area contributed by atoms with Gasteiger partial charge in [-0.05, 0) is 39.7 Å². The Morgan fingerprint density at radius 2 is 2.00 bits per heavy atom. The molecule has 0 amide bonds. The molecule has 1 heterocycles. The smallest absolute Gasteiger partial charge is 0.0762 e. The zero-order valence-electron chi connectivity index (χ0n) is 11.2. The van der Waals surface area contributed by atoms with E-state index in [0.717, 1.165) is 25.1 Å². The molecule has 0 saturated heterocycles. The Morgan fingerprint density at radius 3 is 2.44 bits per heavy atom. The maximum atomic E-state index is 4.54. The molecule has 0 saturated carbocycles. The minimum Gasteiger partial charge on any atom is -0.306 e. The largest absolute Gasteiger partial charge is 0.306 e. The molecule has 1 N–H and O–H groups in total. The zero-order valence-corrected chi connectivity index (χ0v) is 11.2. The average molecular weight is 223 g/mol. The van der Waals surface area contributed by atoms with Gasteiger partial charge in [0.1, 0.15) is 0 Å². The molecule has 0 aromatic carbocycles. The van der Waals surface area contributed by atoms with Crippen LogP contribution in [-0.4, -0.2) is 15.3 Å². The average Bonchev–Trinajstić information content (AvgIpc) is 2.75. The standard InChI is InChI=1S/C13H25N3/c1-6-13(5,7-2)14-10-12-8-9-16(15-12)11(3)4/h8-9,11,14H,6-7,10H2,1-5H3. The molecule has 0 bridgehead atoms. The highest BCUT2D eigenvalue weighted by Crippen LogP contribution is 2.14. The monoisotopic (exact) mass is 223 g/mol. The van der Waals surface area contributed by atoms with E-state index in [1.807, 2.05) is 4.68 Å². The van der Waals surface area contributed by atoms with Crippen LogP contribution in [0.25, 0.3) is 0 Å². The Bertz CT molecular complexity index is 311. The van der Waals surface area contributed by atoms with Gasteiger partial charge in [0.15, 0.2) is 0 Å². The van der Waals surface area contributed by atoms with E-state index in [0.29, 0.717) is 6.04 Å². The first-order chi connectivity index (χ1) is 7.50. The molecule has 0 spiro atoms. The van der Waals surface area contributed by atoms with E-state index in [4.69, 9.17) is 0 Å². The second kappa shape index (κ2) is 5.48. The van der Waals surface area contributed by atoms with Crippen molar-refractivity contribution in [2.24, 2.45) is 0 Å². The molecular weight excluding hydrogens is 198 g/mol. The second-order valence-corrected chi connectivity index (χ2v) is 5.00. The second-order valence-electron chi connectivity index (χ2n) is 5.00. The van der Waals surface area contributed by atoms with Gasteiger partial charge in [-0.25, -0.2) is 0 Å². The Kier molecular flexibility index (Phi) is 4.54. The third-order valence-electron chi connectivity index (χ3n) is 3.45. The van der Waals surface area contributed by atoms with E-state index in [1.165, 1.54) is 0 Å². The number of nitrogens with one attached hydrogen (secondary N) is 1. The lowest BCUT2D eigenvalue weighted by Crippen LogP contribution is -2.40. The molecule has 0 radical (unpaired) electrons. The van der Waals surface area contributed by atoms with Gasteiger partial charge in [0, 0.05) is 24.3 Å². The molecule has 92 valence electrons. The summed E-state index contributed by atoms with van der Waals surface area (Å²) in [7, 11) is 0. The highest BCUT2D eigenvalue weighted by Gasteiger charge is 2.18. The quantitative estimate of drug-likeness (QED) is 0.803. The summed E-state index contributed by atoms with van der Waals surface area (Å²) < 4.78 is 2.01. The van der Waals surface area contributed by atoms with Crippen LogP contribution in [0.3, 0.4) is 0 Å². The van der Waals surface area contributed by atoms with Gasteiger partial charge in [0.25, 0.3) is 0 Å². The lowest BCUT2D eigenvalue weighted by Gasteiger charge is -2.27. The van der Waals surface area contributed by atoms with E-state index in [-0.39, 0.29) is 5.54 Å². The van der Waals surface area contributed by atoms with Crippen molar-refractivity contribution in [1.82, 2.24) is 15.1 Å². The summed E-state index contributed by atoms with van der Waals surface area (Å²) in [6, 6.07) is 2.54. The predicted molar refractivity (Wildman–Crippen MR) is 68.4 cm³/mol. The molecule has 0 unspecified atom stereocenters. The third kappa shape index (κ3) is 3.34. The summed E-state index contributed by atoms with van der Waals surface area (Å²) in [5.41, 5.74) is 1.36.